The molecule has 0 amide bonds. The van der Waals surface area contributed by atoms with Gasteiger partial charge in [0.15, 0.2) is 4.96 Å². The molecule has 4 heterocycles. The quantitative estimate of drug-likeness (QED) is 0.729. The standard InChI is InChI=1S/C17H22N6S/c1-13-9-16(19-12-18-13)21(2)15-3-5-22(6-4-15)10-14-11-23-7-8-24-17(23)20-14/h7-9,11-12,15H,3-6,10H2,1-2H3. The van der Waals surface area contributed by atoms with Crippen molar-refractivity contribution in [1.29, 1.82) is 0 Å². The van der Waals surface area contributed by atoms with Gasteiger partial charge in [-0.15, -0.1) is 11.3 Å². The van der Waals surface area contributed by atoms with Gasteiger partial charge < -0.3 is 4.90 Å². The summed E-state index contributed by atoms with van der Waals surface area (Å²) in [6, 6.07) is 2.60. The van der Waals surface area contributed by atoms with Crippen LogP contribution in [0.3, 0.4) is 0 Å². The van der Waals surface area contributed by atoms with Gasteiger partial charge in [-0.1, -0.05) is 0 Å². The molecule has 4 rings (SSSR count). The number of aryl methyl sites for hydroxylation is 1. The summed E-state index contributed by atoms with van der Waals surface area (Å²) in [6.07, 6.45) is 8.18. The Morgan fingerprint density at radius 2 is 2.12 bits per heavy atom. The van der Waals surface area contributed by atoms with Crippen LogP contribution in [0.1, 0.15) is 24.2 Å². The van der Waals surface area contributed by atoms with Crippen molar-refractivity contribution in [1.82, 2.24) is 24.3 Å². The Bertz CT molecular complexity index is 789. The van der Waals surface area contributed by atoms with Gasteiger partial charge in [0.25, 0.3) is 0 Å². The van der Waals surface area contributed by atoms with Crippen molar-refractivity contribution in [3.05, 3.63) is 41.6 Å². The summed E-state index contributed by atoms with van der Waals surface area (Å²) in [5.74, 6) is 1.02. The molecule has 1 saturated heterocycles. The third kappa shape index (κ3) is 3.14. The van der Waals surface area contributed by atoms with Gasteiger partial charge in [-0.3, -0.25) is 9.30 Å². The highest BCUT2D eigenvalue weighted by Gasteiger charge is 2.24. The molecule has 6 nitrogen and oxygen atoms in total. The lowest BCUT2D eigenvalue weighted by atomic mass is 10.0. The van der Waals surface area contributed by atoms with Crippen molar-refractivity contribution in [3.63, 3.8) is 0 Å². The van der Waals surface area contributed by atoms with Crippen LogP contribution in [0.2, 0.25) is 0 Å². The summed E-state index contributed by atoms with van der Waals surface area (Å²) in [7, 11) is 2.14. The van der Waals surface area contributed by atoms with Crippen molar-refractivity contribution >= 4 is 22.1 Å². The van der Waals surface area contributed by atoms with E-state index in [0.717, 1.165) is 48.9 Å². The van der Waals surface area contributed by atoms with E-state index in [1.165, 1.54) is 5.69 Å². The SMILES string of the molecule is Cc1cc(N(C)C2CCN(Cc3cn4ccsc4n3)CC2)ncn1. The molecule has 0 aliphatic carbocycles. The second-order valence-electron chi connectivity index (χ2n) is 6.46. The predicted molar refractivity (Wildman–Crippen MR) is 96.5 cm³/mol. The van der Waals surface area contributed by atoms with Crippen molar-refractivity contribution in [2.45, 2.75) is 32.4 Å². The summed E-state index contributed by atoms with van der Waals surface area (Å²) in [5, 5.41) is 2.07. The third-order valence-electron chi connectivity index (χ3n) is 4.78. The number of thiazole rings is 1. The number of likely N-dealkylation sites (tertiary alicyclic amines) is 1. The van der Waals surface area contributed by atoms with Gasteiger partial charge in [0.2, 0.25) is 0 Å². The van der Waals surface area contributed by atoms with E-state index in [1.807, 2.05) is 6.92 Å². The Kier molecular flexibility index (Phi) is 4.20. The summed E-state index contributed by atoms with van der Waals surface area (Å²) in [5.41, 5.74) is 2.18. The second-order valence-corrected chi connectivity index (χ2v) is 7.33. The Labute approximate surface area is 145 Å². The number of hydrogen-bond donors (Lipinski definition) is 0. The van der Waals surface area contributed by atoms with E-state index in [9.17, 15) is 0 Å². The molecule has 0 atom stereocenters. The molecule has 0 saturated carbocycles. The lowest BCUT2D eigenvalue weighted by Gasteiger charge is -2.37. The summed E-state index contributed by atoms with van der Waals surface area (Å²) in [6.45, 7) is 5.16. The summed E-state index contributed by atoms with van der Waals surface area (Å²) >= 11 is 1.69. The first-order chi connectivity index (χ1) is 11.7. The molecule has 0 N–H and O–H groups in total. The largest absolute Gasteiger partial charge is 0.356 e. The Morgan fingerprint density at radius 3 is 2.88 bits per heavy atom. The van der Waals surface area contributed by atoms with E-state index in [0.29, 0.717) is 6.04 Å². The van der Waals surface area contributed by atoms with Crippen LogP contribution >= 0.6 is 11.3 Å². The zero-order valence-corrected chi connectivity index (χ0v) is 14.9. The topological polar surface area (TPSA) is 49.6 Å². The Hall–Kier alpha value is -1.99. The highest BCUT2D eigenvalue weighted by molar-refractivity contribution is 7.15. The fourth-order valence-electron chi connectivity index (χ4n) is 3.37. The van der Waals surface area contributed by atoms with Crippen LogP contribution < -0.4 is 4.90 Å². The number of anilines is 1. The first-order valence-corrected chi connectivity index (χ1v) is 9.22. The van der Waals surface area contributed by atoms with Crippen LogP contribution in [-0.2, 0) is 6.54 Å². The van der Waals surface area contributed by atoms with Gasteiger partial charge in [0.05, 0.1) is 5.69 Å². The number of fused-ring (bicyclic) bond motifs is 1. The lowest BCUT2D eigenvalue weighted by Crippen LogP contribution is -2.43. The van der Waals surface area contributed by atoms with E-state index < -0.39 is 0 Å². The van der Waals surface area contributed by atoms with Crippen molar-refractivity contribution in [2.75, 3.05) is 25.0 Å². The zero-order chi connectivity index (χ0) is 16.5. The molecule has 0 aromatic carbocycles. The van der Waals surface area contributed by atoms with E-state index in [1.54, 1.807) is 17.7 Å². The molecule has 1 aliphatic heterocycles. The predicted octanol–water partition coefficient (Wildman–Crippen LogP) is 2.60. The Balaban J connectivity index is 1.35. The zero-order valence-electron chi connectivity index (χ0n) is 14.1. The van der Waals surface area contributed by atoms with Crippen molar-refractivity contribution in [2.24, 2.45) is 0 Å². The van der Waals surface area contributed by atoms with Crippen LogP contribution in [-0.4, -0.2) is 50.4 Å². The number of aromatic nitrogens is 4. The Morgan fingerprint density at radius 1 is 1.29 bits per heavy atom. The maximum atomic E-state index is 4.69. The van der Waals surface area contributed by atoms with Gasteiger partial charge in [-0.2, -0.15) is 0 Å². The summed E-state index contributed by atoms with van der Waals surface area (Å²) in [4.78, 5) is 19.2. The number of rotatable bonds is 4. The van der Waals surface area contributed by atoms with Gasteiger partial charge in [0, 0.05) is 62.3 Å². The van der Waals surface area contributed by atoms with E-state index >= 15 is 0 Å². The molecular formula is C17H22N6S. The first kappa shape index (κ1) is 15.5. The first-order valence-electron chi connectivity index (χ1n) is 8.34. The van der Waals surface area contributed by atoms with Crippen LogP contribution in [0, 0.1) is 6.92 Å². The monoisotopic (exact) mass is 342 g/mol. The average Bonchev–Trinajstić information content (AvgIpc) is 3.16. The van der Waals surface area contributed by atoms with Crippen LogP contribution in [0.5, 0.6) is 0 Å². The van der Waals surface area contributed by atoms with Crippen LogP contribution in [0.15, 0.2) is 30.2 Å². The van der Waals surface area contributed by atoms with Crippen LogP contribution in [0.4, 0.5) is 5.82 Å². The minimum atomic E-state index is 0.543. The maximum absolute atomic E-state index is 4.69. The molecule has 3 aromatic heterocycles. The molecule has 1 aliphatic rings. The molecule has 1 fully saturated rings. The number of hydrogen-bond acceptors (Lipinski definition) is 6. The minimum Gasteiger partial charge on any atom is -0.356 e. The second kappa shape index (κ2) is 6.49. The number of imidazole rings is 1. The molecule has 0 spiro atoms. The van der Waals surface area contributed by atoms with Gasteiger partial charge >= 0.3 is 0 Å². The fraction of sp³-hybridized carbons (Fsp3) is 0.471. The van der Waals surface area contributed by atoms with Crippen molar-refractivity contribution < 1.29 is 0 Å². The molecule has 126 valence electrons. The third-order valence-corrected chi connectivity index (χ3v) is 5.56. The molecule has 0 radical (unpaired) electrons. The molecule has 7 heteroatoms. The van der Waals surface area contributed by atoms with Gasteiger partial charge in [-0.05, 0) is 19.8 Å². The summed E-state index contributed by atoms with van der Waals surface area (Å²) < 4.78 is 2.11. The molecular weight excluding hydrogens is 320 g/mol. The molecule has 3 aromatic rings. The minimum absolute atomic E-state index is 0.543. The maximum Gasteiger partial charge on any atom is 0.193 e. The van der Waals surface area contributed by atoms with Crippen LogP contribution in [0.25, 0.3) is 4.96 Å². The van der Waals surface area contributed by atoms with Crippen molar-refractivity contribution in [3.8, 4) is 0 Å². The number of piperidine rings is 1. The highest BCUT2D eigenvalue weighted by Crippen LogP contribution is 2.22. The molecule has 0 bridgehead atoms. The normalized spacial score (nSPS) is 16.8. The van der Waals surface area contributed by atoms with Gasteiger partial charge in [0.1, 0.15) is 12.1 Å². The number of nitrogens with zero attached hydrogens (tertiary/aromatic N) is 6. The van der Waals surface area contributed by atoms with Gasteiger partial charge in [-0.25, -0.2) is 15.0 Å². The fourth-order valence-corrected chi connectivity index (χ4v) is 4.09. The molecule has 0 unspecified atom stereocenters. The average molecular weight is 342 g/mol. The van der Waals surface area contributed by atoms with E-state index in [2.05, 4.69) is 55.1 Å². The highest BCUT2D eigenvalue weighted by atomic mass is 32.1. The lowest BCUT2D eigenvalue weighted by molar-refractivity contribution is 0.201. The van der Waals surface area contributed by atoms with E-state index in [4.69, 9.17) is 4.98 Å². The molecule has 24 heavy (non-hydrogen) atoms. The smallest absolute Gasteiger partial charge is 0.193 e. The van der Waals surface area contributed by atoms with E-state index in [-0.39, 0.29) is 0 Å².